The van der Waals surface area contributed by atoms with Crippen molar-refractivity contribution in [1.82, 2.24) is 0 Å². The van der Waals surface area contributed by atoms with Gasteiger partial charge >= 0.3 is 0 Å². The Bertz CT molecular complexity index is 189. The molecular weight excluding hydrogens is 128 g/mol. The first-order valence-corrected chi connectivity index (χ1v) is 3.84. The van der Waals surface area contributed by atoms with Crippen molar-refractivity contribution in [3.8, 4) is 0 Å². The Labute approximate surface area is 59.5 Å². The van der Waals surface area contributed by atoms with E-state index < -0.39 is 0 Å². The van der Waals surface area contributed by atoms with Crippen LogP contribution in [0.4, 0.5) is 0 Å². The molecule has 0 saturated heterocycles. The Balaban J connectivity index is 2.85. The van der Waals surface area contributed by atoms with Crippen LogP contribution in [0, 0.1) is 6.07 Å². The lowest BCUT2D eigenvalue weighted by molar-refractivity contribution is 1.47. The summed E-state index contributed by atoms with van der Waals surface area (Å²) in [5.74, 6) is 0. The van der Waals surface area contributed by atoms with Crippen LogP contribution in [0.3, 0.4) is 0 Å². The van der Waals surface area contributed by atoms with Gasteiger partial charge in [0.15, 0.2) is 0 Å². The Morgan fingerprint density at radius 1 is 1.44 bits per heavy atom. The molecule has 1 heteroatoms. The molecule has 0 nitrogen and oxygen atoms in total. The van der Waals surface area contributed by atoms with Crippen molar-refractivity contribution in [1.29, 1.82) is 0 Å². The van der Waals surface area contributed by atoms with E-state index in [4.69, 9.17) is 0 Å². The standard InChI is InChI=1S/C8H9S/c1-2-9-8-6-4-3-5-7-8/h2,4-7,9H,1H3. The summed E-state index contributed by atoms with van der Waals surface area (Å²) < 4.78 is 0. The third-order valence-corrected chi connectivity index (χ3v) is 1.83. The van der Waals surface area contributed by atoms with Crippen LogP contribution < -0.4 is 0 Å². The average molecular weight is 137 g/mol. The van der Waals surface area contributed by atoms with Crippen molar-refractivity contribution in [2.75, 3.05) is 0 Å². The molecule has 1 aromatic carbocycles. The fourth-order valence-electron chi connectivity index (χ4n) is 0.613. The summed E-state index contributed by atoms with van der Waals surface area (Å²) in [6.45, 7) is 2.05. The van der Waals surface area contributed by atoms with Gasteiger partial charge in [0.05, 0.1) is 0 Å². The maximum absolute atomic E-state index is 2.97. The molecule has 0 heterocycles. The topological polar surface area (TPSA) is 0 Å². The van der Waals surface area contributed by atoms with Crippen LogP contribution in [0.15, 0.2) is 29.2 Å². The van der Waals surface area contributed by atoms with Crippen LogP contribution in [0.1, 0.15) is 6.92 Å². The van der Waals surface area contributed by atoms with Crippen molar-refractivity contribution in [3.05, 3.63) is 30.3 Å². The van der Waals surface area contributed by atoms with E-state index in [0.717, 1.165) is 0 Å². The first-order chi connectivity index (χ1) is 4.43. The molecule has 9 heavy (non-hydrogen) atoms. The lowest BCUT2D eigenvalue weighted by Gasteiger charge is -1.87. The molecule has 0 atom stereocenters. The minimum Gasteiger partial charge on any atom is -0.174 e. The summed E-state index contributed by atoms with van der Waals surface area (Å²) in [7, 11) is 0. The Kier molecular flexibility index (Phi) is 2.52. The maximum Gasteiger partial charge on any atom is -0.00144 e. The summed E-state index contributed by atoms with van der Waals surface area (Å²) in [5.41, 5.74) is 0. The third kappa shape index (κ3) is 2.02. The number of thiol groups is 1. The highest BCUT2D eigenvalue weighted by Crippen LogP contribution is 2.06. The lowest BCUT2D eigenvalue weighted by Crippen LogP contribution is -1.62. The van der Waals surface area contributed by atoms with Gasteiger partial charge in [0, 0.05) is 0 Å². The second-order valence-corrected chi connectivity index (χ2v) is 2.94. The van der Waals surface area contributed by atoms with Crippen LogP contribution >= 0.6 is 11.4 Å². The highest BCUT2D eigenvalue weighted by molar-refractivity contribution is 7.97. The SMILES string of the molecule is CC=[SH]c1cc[c]cc1. The second-order valence-electron chi connectivity index (χ2n) is 1.65. The molecule has 0 N–H and O–H groups in total. The summed E-state index contributed by atoms with van der Waals surface area (Å²) in [4.78, 5) is 1.33. The molecule has 0 bridgehead atoms. The van der Waals surface area contributed by atoms with E-state index in [-0.39, 0.29) is 0 Å². The van der Waals surface area contributed by atoms with Crippen molar-refractivity contribution < 1.29 is 0 Å². The smallest absolute Gasteiger partial charge is 0.00144 e. The summed E-state index contributed by atoms with van der Waals surface area (Å²) >= 11 is 1.29. The molecule has 0 amide bonds. The molecule has 0 fully saturated rings. The molecule has 0 aliphatic heterocycles. The van der Waals surface area contributed by atoms with Gasteiger partial charge in [0.25, 0.3) is 0 Å². The number of hydrogen-bond acceptors (Lipinski definition) is 0. The summed E-state index contributed by atoms with van der Waals surface area (Å²) in [6.07, 6.45) is 0. The molecule has 0 saturated carbocycles. The van der Waals surface area contributed by atoms with Crippen molar-refractivity contribution in [2.24, 2.45) is 0 Å². The van der Waals surface area contributed by atoms with Gasteiger partial charge in [-0.3, -0.25) is 0 Å². The molecular formula is C8H9S. The van der Waals surface area contributed by atoms with Crippen molar-refractivity contribution >= 4 is 16.7 Å². The highest BCUT2D eigenvalue weighted by Gasteiger charge is 1.77. The number of benzene rings is 1. The molecule has 47 valence electrons. The van der Waals surface area contributed by atoms with E-state index in [1.807, 2.05) is 12.1 Å². The lowest BCUT2D eigenvalue weighted by atomic mass is 10.4. The molecule has 1 rings (SSSR count). The van der Waals surface area contributed by atoms with Crippen LogP contribution in [-0.4, -0.2) is 5.37 Å². The Morgan fingerprint density at radius 3 is 2.67 bits per heavy atom. The van der Waals surface area contributed by atoms with Gasteiger partial charge in [0.1, 0.15) is 0 Å². The fourth-order valence-corrected chi connectivity index (χ4v) is 1.23. The zero-order chi connectivity index (χ0) is 6.53. The van der Waals surface area contributed by atoms with Crippen LogP contribution in [0.5, 0.6) is 0 Å². The first-order valence-electron chi connectivity index (χ1n) is 2.88. The van der Waals surface area contributed by atoms with E-state index in [1.165, 1.54) is 16.2 Å². The zero-order valence-corrected chi connectivity index (χ0v) is 6.23. The van der Waals surface area contributed by atoms with Gasteiger partial charge in [-0.05, 0) is 30.0 Å². The van der Waals surface area contributed by atoms with Gasteiger partial charge < -0.3 is 0 Å². The van der Waals surface area contributed by atoms with Gasteiger partial charge in [0.2, 0.25) is 0 Å². The van der Waals surface area contributed by atoms with Gasteiger partial charge in [-0.15, -0.1) is 0 Å². The Hall–Kier alpha value is -0.560. The van der Waals surface area contributed by atoms with E-state index in [1.54, 1.807) is 0 Å². The van der Waals surface area contributed by atoms with Crippen molar-refractivity contribution in [2.45, 2.75) is 11.8 Å². The molecule has 0 aromatic heterocycles. The predicted molar refractivity (Wildman–Crippen MR) is 44.3 cm³/mol. The molecule has 0 unspecified atom stereocenters. The van der Waals surface area contributed by atoms with E-state index in [0.29, 0.717) is 0 Å². The molecule has 1 aromatic rings. The van der Waals surface area contributed by atoms with Crippen molar-refractivity contribution in [3.63, 3.8) is 0 Å². The zero-order valence-electron chi connectivity index (χ0n) is 5.33. The minimum atomic E-state index is 1.29. The first kappa shape index (κ1) is 6.56. The third-order valence-electron chi connectivity index (χ3n) is 0.979. The summed E-state index contributed by atoms with van der Waals surface area (Å²) in [6, 6.07) is 11.0. The molecule has 0 spiro atoms. The van der Waals surface area contributed by atoms with Gasteiger partial charge in [-0.2, -0.15) is 11.4 Å². The normalized spacial score (nSPS) is 11.2. The largest absolute Gasteiger partial charge is 0.174 e. The maximum atomic E-state index is 2.97. The predicted octanol–water partition coefficient (Wildman–Crippen LogP) is 2.13. The van der Waals surface area contributed by atoms with Crippen LogP contribution in [0.2, 0.25) is 0 Å². The van der Waals surface area contributed by atoms with Crippen LogP contribution in [0.25, 0.3) is 0 Å². The second kappa shape index (κ2) is 3.46. The van der Waals surface area contributed by atoms with E-state index in [2.05, 4.69) is 30.5 Å². The minimum absolute atomic E-state index is 1.29. The average Bonchev–Trinajstić information content (AvgIpc) is 1.91. The molecule has 1 radical (unpaired) electrons. The number of rotatable bonds is 1. The Morgan fingerprint density at radius 2 is 2.11 bits per heavy atom. The monoisotopic (exact) mass is 137 g/mol. The van der Waals surface area contributed by atoms with Crippen LogP contribution in [-0.2, 0) is 0 Å². The molecule has 0 aliphatic rings. The number of hydrogen-bond donors (Lipinski definition) is 1. The van der Waals surface area contributed by atoms with E-state index in [9.17, 15) is 0 Å². The fraction of sp³-hybridized carbons (Fsp3) is 0.125. The quantitative estimate of drug-likeness (QED) is 0.445. The highest BCUT2D eigenvalue weighted by atomic mass is 32.1. The molecule has 0 aliphatic carbocycles. The van der Waals surface area contributed by atoms with Gasteiger partial charge in [-0.25, -0.2) is 0 Å². The summed E-state index contributed by atoms with van der Waals surface area (Å²) in [5, 5.41) is 2.12. The van der Waals surface area contributed by atoms with Gasteiger partial charge in [-0.1, -0.05) is 17.5 Å². The van der Waals surface area contributed by atoms with E-state index >= 15 is 0 Å².